The van der Waals surface area contributed by atoms with Crippen LogP contribution in [0.1, 0.15) is 38.1 Å². The van der Waals surface area contributed by atoms with Gasteiger partial charge >= 0.3 is 0 Å². The number of guanidine groups is 1. The third-order valence-electron chi connectivity index (χ3n) is 2.67. The number of sulfone groups is 1. The summed E-state index contributed by atoms with van der Waals surface area (Å²) in [4.78, 5) is 4.34. The Morgan fingerprint density at radius 1 is 1.41 bits per heavy atom. The van der Waals surface area contributed by atoms with Crippen molar-refractivity contribution in [1.82, 2.24) is 15.8 Å². The molecule has 0 aromatic carbocycles. The molecule has 0 saturated carbocycles. The highest BCUT2D eigenvalue weighted by Crippen LogP contribution is 2.14. The maximum atomic E-state index is 11.1. The molecule has 1 rings (SSSR count). The Kier molecular flexibility index (Phi) is 9.65. The van der Waals surface area contributed by atoms with Gasteiger partial charge in [0, 0.05) is 25.4 Å². The van der Waals surface area contributed by atoms with Crippen molar-refractivity contribution in [3.8, 4) is 0 Å². The summed E-state index contributed by atoms with van der Waals surface area (Å²) in [7, 11) is -2.98. The highest BCUT2D eigenvalue weighted by molar-refractivity contribution is 14.0. The quantitative estimate of drug-likeness (QED) is 0.376. The van der Waals surface area contributed by atoms with E-state index in [1.807, 2.05) is 26.8 Å². The smallest absolute Gasteiger partial charge is 0.191 e. The Balaban J connectivity index is 0.00000441. The third-order valence-corrected chi connectivity index (χ3v) is 3.62. The van der Waals surface area contributed by atoms with Crippen molar-refractivity contribution in [3.63, 3.8) is 0 Å². The van der Waals surface area contributed by atoms with Gasteiger partial charge in [-0.15, -0.1) is 24.0 Å². The molecule has 22 heavy (non-hydrogen) atoms. The molecule has 0 unspecified atom stereocenters. The lowest BCUT2D eigenvalue weighted by Crippen LogP contribution is -2.39. The van der Waals surface area contributed by atoms with Crippen LogP contribution in [0, 0.1) is 0 Å². The van der Waals surface area contributed by atoms with Crippen LogP contribution in [-0.2, 0) is 16.4 Å². The van der Waals surface area contributed by atoms with Gasteiger partial charge < -0.3 is 15.2 Å². The largest absolute Gasteiger partial charge is 0.359 e. The number of nitrogens with zero attached hydrogens (tertiary/aromatic N) is 2. The molecule has 0 fully saturated rings. The molecule has 128 valence electrons. The fourth-order valence-corrected chi connectivity index (χ4v) is 2.00. The lowest BCUT2D eigenvalue weighted by Gasteiger charge is -2.10. The second-order valence-corrected chi connectivity index (χ2v) is 7.38. The number of aromatic nitrogens is 1. The molecule has 0 aliphatic carbocycles. The van der Waals surface area contributed by atoms with E-state index in [1.165, 1.54) is 6.26 Å². The first-order valence-corrected chi connectivity index (χ1v) is 9.03. The van der Waals surface area contributed by atoms with Crippen molar-refractivity contribution in [2.75, 3.05) is 25.1 Å². The predicted molar refractivity (Wildman–Crippen MR) is 98.5 cm³/mol. The zero-order valence-corrected chi connectivity index (χ0v) is 16.6. The van der Waals surface area contributed by atoms with E-state index in [-0.39, 0.29) is 29.7 Å². The van der Waals surface area contributed by atoms with Crippen LogP contribution in [0.2, 0.25) is 0 Å². The van der Waals surface area contributed by atoms with Gasteiger partial charge in [-0.1, -0.05) is 19.0 Å². The molecule has 7 nitrogen and oxygen atoms in total. The van der Waals surface area contributed by atoms with Crippen LogP contribution in [0.5, 0.6) is 0 Å². The van der Waals surface area contributed by atoms with Gasteiger partial charge in [0.2, 0.25) is 0 Å². The third kappa shape index (κ3) is 8.57. The topological polar surface area (TPSA) is 96.6 Å². The number of aliphatic imine (C=N–C) groups is 1. The molecule has 0 atom stereocenters. The first-order valence-electron chi connectivity index (χ1n) is 6.97. The van der Waals surface area contributed by atoms with E-state index in [1.54, 1.807) is 0 Å². The van der Waals surface area contributed by atoms with Gasteiger partial charge in [-0.2, -0.15) is 0 Å². The van der Waals surface area contributed by atoms with Crippen molar-refractivity contribution >= 4 is 39.8 Å². The van der Waals surface area contributed by atoms with E-state index in [2.05, 4.69) is 20.8 Å². The van der Waals surface area contributed by atoms with Gasteiger partial charge in [0.1, 0.15) is 16.4 Å². The molecule has 1 aromatic heterocycles. The van der Waals surface area contributed by atoms with E-state index >= 15 is 0 Å². The van der Waals surface area contributed by atoms with Gasteiger partial charge in [-0.25, -0.2) is 13.4 Å². The van der Waals surface area contributed by atoms with Gasteiger partial charge in [0.15, 0.2) is 11.7 Å². The molecule has 0 spiro atoms. The maximum absolute atomic E-state index is 11.1. The summed E-state index contributed by atoms with van der Waals surface area (Å²) in [5, 5.41) is 10.00. The van der Waals surface area contributed by atoms with Crippen LogP contribution in [0.15, 0.2) is 15.6 Å². The molecular weight excluding hydrogens is 419 g/mol. The Labute approximate surface area is 149 Å². The van der Waals surface area contributed by atoms with Crippen LogP contribution < -0.4 is 10.6 Å². The standard InChI is InChI=1S/C13H24N4O3S.HI/c1-5-14-13(15-6-7-21(4,18)19)16-9-11-8-12(10(2)3)17-20-11;/h8,10H,5-7,9H2,1-4H3,(H2,14,15,16);1H. The zero-order chi connectivity index (χ0) is 15.9. The Hall–Kier alpha value is -0.840. The fourth-order valence-electron chi connectivity index (χ4n) is 1.53. The van der Waals surface area contributed by atoms with E-state index in [4.69, 9.17) is 4.52 Å². The lowest BCUT2D eigenvalue weighted by molar-refractivity contribution is 0.376. The molecule has 9 heteroatoms. The molecule has 0 bridgehead atoms. The van der Waals surface area contributed by atoms with E-state index in [9.17, 15) is 8.42 Å². The highest BCUT2D eigenvalue weighted by Gasteiger charge is 2.08. The van der Waals surface area contributed by atoms with Crippen molar-refractivity contribution in [1.29, 1.82) is 0 Å². The van der Waals surface area contributed by atoms with E-state index in [0.717, 1.165) is 5.69 Å². The second-order valence-electron chi connectivity index (χ2n) is 5.12. The predicted octanol–water partition coefficient (Wildman–Crippen LogP) is 1.52. The van der Waals surface area contributed by atoms with Crippen LogP contribution in [0.4, 0.5) is 0 Å². The first-order chi connectivity index (χ1) is 9.81. The van der Waals surface area contributed by atoms with Gasteiger partial charge in [0.05, 0.1) is 11.4 Å². The summed E-state index contributed by atoms with van der Waals surface area (Å²) in [5.74, 6) is 1.62. The SMILES string of the molecule is CCNC(=NCc1cc(C(C)C)no1)NCCS(C)(=O)=O.I. The van der Waals surface area contributed by atoms with Crippen molar-refractivity contribution in [3.05, 3.63) is 17.5 Å². The van der Waals surface area contributed by atoms with Crippen molar-refractivity contribution < 1.29 is 12.9 Å². The number of rotatable bonds is 7. The Bertz CT molecular complexity index is 570. The minimum absolute atomic E-state index is 0. The fraction of sp³-hybridized carbons (Fsp3) is 0.692. The zero-order valence-electron chi connectivity index (χ0n) is 13.4. The average Bonchev–Trinajstić information content (AvgIpc) is 2.83. The first kappa shape index (κ1) is 21.2. The van der Waals surface area contributed by atoms with Crippen LogP contribution in [0.3, 0.4) is 0 Å². The highest BCUT2D eigenvalue weighted by atomic mass is 127. The summed E-state index contributed by atoms with van der Waals surface area (Å²) < 4.78 is 27.4. The number of nitrogens with one attached hydrogen (secondary N) is 2. The van der Waals surface area contributed by atoms with E-state index < -0.39 is 9.84 Å². The summed E-state index contributed by atoms with van der Waals surface area (Å²) >= 11 is 0. The van der Waals surface area contributed by atoms with Gasteiger partial charge in [-0.05, 0) is 12.8 Å². The minimum Gasteiger partial charge on any atom is -0.359 e. The summed E-state index contributed by atoms with van der Waals surface area (Å²) in [6.07, 6.45) is 1.21. The number of halogens is 1. The minimum atomic E-state index is -2.98. The molecule has 0 aliphatic heterocycles. The normalized spacial score (nSPS) is 12.1. The Morgan fingerprint density at radius 3 is 2.59 bits per heavy atom. The van der Waals surface area contributed by atoms with Crippen LogP contribution in [0.25, 0.3) is 0 Å². The van der Waals surface area contributed by atoms with E-state index in [0.29, 0.717) is 37.3 Å². The molecule has 2 N–H and O–H groups in total. The van der Waals surface area contributed by atoms with Crippen LogP contribution in [-0.4, -0.2) is 44.6 Å². The molecular formula is C13H25IN4O3S. The molecule has 0 radical (unpaired) electrons. The lowest BCUT2D eigenvalue weighted by atomic mass is 10.1. The molecule has 1 heterocycles. The van der Waals surface area contributed by atoms with Gasteiger partial charge in [-0.3, -0.25) is 0 Å². The van der Waals surface area contributed by atoms with Crippen molar-refractivity contribution in [2.45, 2.75) is 33.2 Å². The van der Waals surface area contributed by atoms with Crippen molar-refractivity contribution in [2.24, 2.45) is 4.99 Å². The second kappa shape index (κ2) is 10.0. The van der Waals surface area contributed by atoms with Crippen LogP contribution >= 0.6 is 24.0 Å². The number of hydrogen-bond donors (Lipinski definition) is 2. The molecule has 0 aliphatic rings. The number of hydrogen-bond acceptors (Lipinski definition) is 5. The summed E-state index contributed by atoms with van der Waals surface area (Å²) in [5.41, 5.74) is 0.898. The Morgan fingerprint density at radius 2 is 2.09 bits per heavy atom. The summed E-state index contributed by atoms with van der Waals surface area (Å²) in [6, 6.07) is 1.88. The molecule has 1 aromatic rings. The average molecular weight is 444 g/mol. The molecule has 0 saturated heterocycles. The maximum Gasteiger partial charge on any atom is 0.191 e. The van der Waals surface area contributed by atoms with Gasteiger partial charge in [0.25, 0.3) is 0 Å². The molecule has 0 amide bonds. The summed E-state index contributed by atoms with van der Waals surface area (Å²) in [6.45, 7) is 7.40. The monoisotopic (exact) mass is 444 g/mol.